The third kappa shape index (κ3) is 2.06. The van der Waals surface area contributed by atoms with E-state index in [1.165, 1.54) is 16.3 Å². The van der Waals surface area contributed by atoms with E-state index in [2.05, 4.69) is 55.5 Å². The number of fused-ring (bicyclic) bond motifs is 1. The van der Waals surface area contributed by atoms with Gasteiger partial charge in [0, 0.05) is 5.92 Å². The molecule has 0 aromatic heterocycles. The van der Waals surface area contributed by atoms with Gasteiger partial charge in [0.05, 0.1) is 11.6 Å². The molecule has 3 rings (SSSR count). The molecule has 0 fully saturated rings. The molecule has 0 N–H and O–H groups in total. The second-order valence-corrected chi connectivity index (χ2v) is 4.99. The van der Waals surface area contributed by atoms with Gasteiger partial charge >= 0.3 is 0 Å². The van der Waals surface area contributed by atoms with E-state index >= 15 is 0 Å². The highest BCUT2D eigenvalue weighted by molar-refractivity contribution is 5.86. The Morgan fingerprint density at radius 1 is 0.800 bits per heavy atom. The smallest absolute Gasteiger partial charge is 0.0994 e. The fourth-order valence-corrected chi connectivity index (χ4v) is 2.77. The molecule has 0 bridgehead atoms. The normalized spacial score (nSPS) is 12.0. The average Bonchev–Trinajstić information content (AvgIpc) is 2.53. The van der Waals surface area contributed by atoms with Crippen LogP contribution < -0.4 is 0 Å². The van der Waals surface area contributed by atoms with Crippen LogP contribution >= 0.6 is 0 Å². The van der Waals surface area contributed by atoms with Crippen molar-refractivity contribution in [1.29, 1.82) is 5.26 Å². The summed E-state index contributed by atoms with van der Waals surface area (Å²) in [5.41, 5.74) is 3.12. The molecule has 0 aliphatic carbocycles. The van der Waals surface area contributed by atoms with Crippen LogP contribution in [0.15, 0.2) is 66.7 Å². The molecule has 0 saturated heterocycles. The predicted molar refractivity (Wildman–Crippen MR) is 82.6 cm³/mol. The lowest BCUT2D eigenvalue weighted by Crippen LogP contribution is -1.99. The van der Waals surface area contributed by atoms with Crippen molar-refractivity contribution in [3.8, 4) is 6.07 Å². The average molecular weight is 257 g/mol. The van der Waals surface area contributed by atoms with Crippen molar-refractivity contribution >= 4 is 10.8 Å². The standard InChI is InChI=1S/C19H15N/c1-14(17-10-4-3-8-16(17)13-20)18-12-6-9-15-7-2-5-11-19(15)18/h2-12,14H,1H3/t14-/m0/s1. The van der Waals surface area contributed by atoms with Gasteiger partial charge in [0.25, 0.3) is 0 Å². The second-order valence-electron chi connectivity index (χ2n) is 4.99. The lowest BCUT2D eigenvalue weighted by atomic mass is 9.87. The molecular formula is C19H15N. The van der Waals surface area contributed by atoms with E-state index in [1.54, 1.807) is 0 Å². The summed E-state index contributed by atoms with van der Waals surface area (Å²) < 4.78 is 0. The quantitative estimate of drug-likeness (QED) is 0.643. The largest absolute Gasteiger partial charge is 0.192 e. The van der Waals surface area contributed by atoms with E-state index in [9.17, 15) is 5.26 Å². The number of nitrogens with zero attached hydrogens (tertiary/aromatic N) is 1. The summed E-state index contributed by atoms with van der Waals surface area (Å²) in [6.45, 7) is 2.16. The summed E-state index contributed by atoms with van der Waals surface area (Å²) in [5.74, 6) is 0.206. The Bertz CT molecular complexity index is 791. The molecule has 0 spiro atoms. The Kier molecular flexibility index (Phi) is 3.23. The third-order valence-electron chi connectivity index (χ3n) is 3.84. The molecule has 0 unspecified atom stereocenters. The molecule has 20 heavy (non-hydrogen) atoms. The minimum absolute atomic E-state index is 0.206. The minimum atomic E-state index is 0.206. The van der Waals surface area contributed by atoms with Crippen molar-refractivity contribution in [3.63, 3.8) is 0 Å². The first kappa shape index (κ1) is 12.4. The molecule has 1 heteroatoms. The molecule has 1 atom stereocenters. The monoisotopic (exact) mass is 257 g/mol. The molecule has 3 aromatic carbocycles. The Hall–Kier alpha value is -2.59. The van der Waals surface area contributed by atoms with Gasteiger partial charge < -0.3 is 0 Å². The van der Waals surface area contributed by atoms with Crippen LogP contribution in [0, 0.1) is 11.3 Å². The molecule has 0 radical (unpaired) electrons. The van der Waals surface area contributed by atoms with E-state index < -0.39 is 0 Å². The first-order valence-corrected chi connectivity index (χ1v) is 6.78. The molecule has 0 amide bonds. The highest BCUT2D eigenvalue weighted by Crippen LogP contribution is 2.31. The molecule has 0 aliphatic heterocycles. The maximum atomic E-state index is 9.28. The zero-order valence-electron chi connectivity index (χ0n) is 11.4. The van der Waals surface area contributed by atoms with Gasteiger partial charge in [0.1, 0.15) is 0 Å². The van der Waals surface area contributed by atoms with Crippen molar-refractivity contribution < 1.29 is 0 Å². The molecule has 3 aromatic rings. The Labute approximate surface area is 119 Å². The molecule has 1 nitrogen and oxygen atoms in total. The zero-order valence-corrected chi connectivity index (χ0v) is 11.4. The van der Waals surface area contributed by atoms with Crippen LogP contribution in [-0.2, 0) is 0 Å². The molecule has 0 aliphatic rings. The minimum Gasteiger partial charge on any atom is -0.192 e. The Morgan fingerprint density at radius 2 is 1.45 bits per heavy atom. The van der Waals surface area contributed by atoms with Gasteiger partial charge in [0.15, 0.2) is 0 Å². The number of hydrogen-bond acceptors (Lipinski definition) is 1. The first-order valence-electron chi connectivity index (χ1n) is 6.78. The fraction of sp³-hybridized carbons (Fsp3) is 0.105. The van der Waals surface area contributed by atoms with Gasteiger partial charge in [-0.15, -0.1) is 0 Å². The van der Waals surface area contributed by atoms with Gasteiger partial charge in [-0.05, 0) is 28.0 Å². The van der Waals surface area contributed by atoms with Crippen LogP contribution in [0.4, 0.5) is 0 Å². The Balaban J connectivity index is 2.18. The summed E-state index contributed by atoms with van der Waals surface area (Å²) >= 11 is 0. The highest BCUT2D eigenvalue weighted by atomic mass is 14.3. The number of hydrogen-bond donors (Lipinski definition) is 0. The van der Waals surface area contributed by atoms with Gasteiger partial charge in [-0.2, -0.15) is 5.26 Å². The van der Waals surface area contributed by atoms with E-state index in [1.807, 2.05) is 24.3 Å². The van der Waals surface area contributed by atoms with Gasteiger partial charge in [-0.25, -0.2) is 0 Å². The van der Waals surface area contributed by atoms with E-state index in [0.717, 1.165) is 11.1 Å². The third-order valence-corrected chi connectivity index (χ3v) is 3.84. The summed E-state index contributed by atoms with van der Waals surface area (Å²) in [7, 11) is 0. The molecule has 0 heterocycles. The summed E-state index contributed by atoms with van der Waals surface area (Å²) in [6.07, 6.45) is 0. The van der Waals surface area contributed by atoms with Crippen molar-refractivity contribution in [1.82, 2.24) is 0 Å². The van der Waals surface area contributed by atoms with E-state index in [-0.39, 0.29) is 5.92 Å². The van der Waals surface area contributed by atoms with Gasteiger partial charge in [-0.3, -0.25) is 0 Å². The number of benzene rings is 3. The Morgan fingerprint density at radius 3 is 2.30 bits per heavy atom. The molecular weight excluding hydrogens is 242 g/mol. The number of nitriles is 1. The van der Waals surface area contributed by atoms with Crippen LogP contribution in [0.2, 0.25) is 0 Å². The van der Waals surface area contributed by atoms with Crippen molar-refractivity contribution in [2.45, 2.75) is 12.8 Å². The predicted octanol–water partition coefficient (Wildman–Crippen LogP) is 4.86. The molecule has 0 saturated carbocycles. The zero-order chi connectivity index (χ0) is 13.9. The topological polar surface area (TPSA) is 23.8 Å². The van der Waals surface area contributed by atoms with E-state index in [0.29, 0.717) is 0 Å². The summed E-state index contributed by atoms with van der Waals surface area (Å²) in [4.78, 5) is 0. The van der Waals surface area contributed by atoms with Crippen LogP contribution in [0.3, 0.4) is 0 Å². The maximum Gasteiger partial charge on any atom is 0.0994 e. The van der Waals surface area contributed by atoms with Crippen LogP contribution in [0.1, 0.15) is 29.5 Å². The van der Waals surface area contributed by atoms with Gasteiger partial charge in [-0.1, -0.05) is 67.6 Å². The first-order chi connectivity index (χ1) is 9.81. The lowest BCUT2D eigenvalue weighted by molar-refractivity contribution is 0.928. The number of rotatable bonds is 2. The maximum absolute atomic E-state index is 9.28. The van der Waals surface area contributed by atoms with Crippen LogP contribution in [-0.4, -0.2) is 0 Å². The highest BCUT2D eigenvalue weighted by Gasteiger charge is 2.14. The van der Waals surface area contributed by atoms with Crippen molar-refractivity contribution in [3.05, 3.63) is 83.4 Å². The second kappa shape index (κ2) is 5.19. The van der Waals surface area contributed by atoms with E-state index in [4.69, 9.17) is 0 Å². The SMILES string of the molecule is C[C@@H](c1ccccc1C#N)c1cccc2ccccc12. The van der Waals surface area contributed by atoms with Crippen LogP contribution in [0.25, 0.3) is 10.8 Å². The summed E-state index contributed by atoms with van der Waals surface area (Å²) in [5, 5.41) is 11.8. The summed E-state index contributed by atoms with van der Waals surface area (Å²) in [6, 6.07) is 24.9. The van der Waals surface area contributed by atoms with Crippen molar-refractivity contribution in [2.75, 3.05) is 0 Å². The molecule has 96 valence electrons. The lowest BCUT2D eigenvalue weighted by Gasteiger charge is -2.16. The van der Waals surface area contributed by atoms with Crippen molar-refractivity contribution in [2.24, 2.45) is 0 Å². The van der Waals surface area contributed by atoms with Crippen LogP contribution in [0.5, 0.6) is 0 Å². The van der Waals surface area contributed by atoms with Gasteiger partial charge in [0.2, 0.25) is 0 Å². The fourth-order valence-electron chi connectivity index (χ4n) is 2.77.